The Balaban J connectivity index is 1.39. The molecule has 2 bridgehead atoms. The maximum atomic E-state index is 13.1. The molecule has 6 atom stereocenters. The Kier molecular flexibility index (Phi) is 6.07. The van der Waals surface area contributed by atoms with E-state index in [1.54, 1.807) is 38.5 Å². The number of benzene rings is 2. The highest BCUT2D eigenvalue weighted by Gasteiger charge is 2.81. The van der Waals surface area contributed by atoms with Gasteiger partial charge >= 0.3 is 5.97 Å². The molecule has 0 amide bonds. The number of hydrogen-bond acceptors (Lipinski definition) is 10. The molecule has 2 aromatic carbocycles. The second kappa shape index (κ2) is 9.12. The van der Waals surface area contributed by atoms with E-state index in [2.05, 4.69) is 5.32 Å². The van der Waals surface area contributed by atoms with Crippen LogP contribution in [0.2, 0.25) is 0 Å². The molecule has 0 aromatic heterocycles. The van der Waals surface area contributed by atoms with Crippen molar-refractivity contribution in [2.75, 3.05) is 35.0 Å². The first-order valence-corrected chi connectivity index (χ1v) is 13.0. The van der Waals surface area contributed by atoms with Crippen LogP contribution in [0.5, 0.6) is 23.0 Å². The van der Waals surface area contributed by atoms with Gasteiger partial charge in [-0.1, -0.05) is 12.1 Å². The number of esters is 1. The molecule has 0 unspecified atom stereocenters. The number of aromatic hydroxyl groups is 2. The van der Waals surface area contributed by atoms with Crippen LogP contribution < -0.4 is 14.8 Å². The zero-order chi connectivity index (χ0) is 27.6. The molecule has 208 valence electrons. The van der Waals surface area contributed by atoms with E-state index in [-0.39, 0.29) is 17.6 Å². The standard InChI is InChI=1S/C29H33NO9/c1-34-19-8-5-16(13-18(19)31)6-10-23(32)38-22-14-27-11-12-30-28(27)15-21(39-29(28,37-4)26(22)36-3)17-7-9-20(35-2)25(33)24(17)27/h5-10,13,21-22,26,30-31,33H,11-12,14-15H2,1-4H3/b10-6-/t21-,22+,26+,27+,28+,29+/m1/s1. The Morgan fingerprint density at radius 1 is 1.08 bits per heavy atom. The first kappa shape index (κ1) is 25.9. The van der Waals surface area contributed by atoms with Crippen LogP contribution in [0.15, 0.2) is 36.4 Å². The molecule has 2 aromatic rings. The van der Waals surface area contributed by atoms with Crippen molar-refractivity contribution in [3.63, 3.8) is 0 Å². The number of phenolic OH excluding ortho intramolecular Hbond substituents is 2. The number of ether oxygens (including phenoxy) is 6. The summed E-state index contributed by atoms with van der Waals surface area (Å²) in [5, 5.41) is 25.2. The lowest BCUT2D eigenvalue weighted by atomic mass is 9.50. The van der Waals surface area contributed by atoms with Crippen molar-refractivity contribution in [3.05, 3.63) is 53.1 Å². The number of rotatable bonds is 7. The van der Waals surface area contributed by atoms with Crippen molar-refractivity contribution in [3.8, 4) is 23.0 Å². The van der Waals surface area contributed by atoms with Gasteiger partial charge in [0, 0.05) is 37.7 Å². The number of nitrogens with one attached hydrogen (secondary N) is 1. The second-order valence-electron chi connectivity index (χ2n) is 10.5. The lowest BCUT2D eigenvalue weighted by Crippen LogP contribution is -2.78. The molecular weight excluding hydrogens is 506 g/mol. The van der Waals surface area contributed by atoms with Crippen molar-refractivity contribution < 1.29 is 43.4 Å². The van der Waals surface area contributed by atoms with Gasteiger partial charge < -0.3 is 44.0 Å². The van der Waals surface area contributed by atoms with E-state index >= 15 is 0 Å². The van der Waals surface area contributed by atoms with E-state index in [9.17, 15) is 15.0 Å². The molecule has 6 rings (SSSR count). The van der Waals surface area contributed by atoms with Gasteiger partial charge in [-0.05, 0) is 54.8 Å². The fourth-order valence-corrected chi connectivity index (χ4v) is 7.70. The highest BCUT2D eigenvalue weighted by molar-refractivity contribution is 5.87. The predicted octanol–water partition coefficient (Wildman–Crippen LogP) is 2.95. The van der Waals surface area contributed by atoms with E-state index in [0.717, 1.165) is 11.1 Å². The molecule has 1 spiro atoms. The molecular formula is C29H33NO9. The van der Waals surface area contributed by atoms with Gasteiger partial charge in [0.05, 0.1) is 25.9 Å². The Morgan fingerprint density at radius 2 is 1.85 bits per heavy atom. The van der Waals surface area contributed by atoms with Crippen LogP contribution in [0.25, 0.3) is 6.08 Å². The minimum Gasteiger partial charge on any atom is -0.504 e. The van der Waals surface area contributed by atoms with Gasteiger partial charge in [0.15, 0.2) is 23.0 Å². The number of methoxy groups -OCH3 is 4. The number of phenols is 2. The molecule has 10 heteroatoms. The van der Waals surface area contributed by atoms with Gasteiger partial charge in [-0.15, -0.1) is 0 Å². The molecule has 4 aliphatic rings. The smallest absolute Gasteiger partial charge is 0.331 e. The van der Waals surface area contributed by atoms with Crippen LogP contribution in [0.3, 0.4) is 0 Å². The summed E-state index contributed by atoms with van der Waals surface area (Å²) in [5.41, 5.74) is 0.854. The predicted molar refractivity (Wildman–Crippen MR) is 139 cm³/mol. The highest BCUT2D eigenvalue weighted by atomic mass is 16.7. The average Bonchev–Trinajstić information content (AvgIpc) is 3.48. The average molecular weight is 540 g/mol. The summed E-state index contributed by atoms with van der Waals surface area (Å²) in [6.45, 7) is 0.662. The van der Waals surface area contributed by atoms with E-state index < -0.39 is 34.9 Å². The zero-order valence-electron chi connectivity index (χ0n) is 22.4. The van der Waals surface area contributed by atoms with Crippen LogP contribution in [0, 0.1) is 0 Å². The molecule has 3 fully saturated rings. The Bertz CT molecular complexity index is 1340. The van der Waals surface area contributed by atoms with E-state index in [4.69, 9.17) is 28.4 Å². The molecule has 2 aliphatic carbocycles. The van der Waals surface area contributed by atoms with Crippen LogP contribution in [0.1, 0.15) is 42.1 Å². The summed E-state index contributed by atoms with van der Waals surface area (Å²) in [6, 6.07) is 8.52. The van der Waals surface area contributed by atoms with Gasteiger partial charge in [-0.25, -0.2) is 4.79 Å². The lowest BCUT2D eigenvalue weighted by molar-refractivity contribution is -0.328. The van der Waals surface area contributed by atoms with Gasteiger partial charge in [0.25, 0.3) is 0 Å². The molecule has 2 aliphatic heterocycles. The van der Waals surface area contributed by atoms with Crippen molar-refractivity contribution in [1.29, 1.82) is 0 Å². The van der Waals surface area contributed by atoms with Crippen molar-refractivity contribution in [1.82, 2.24) is 5.32 Å². The summed E-state index contributed by atoms with van der Waals surface area (Å²) in [7, 11) is 6.13. The topological polar surface area (TPSA) is 125 Å². The number of carbonyl (C=O) groups is 1. The molecule has 3 N–H and O–H groups in total. The van der Waals surface area contributed by atoms with E-state index in [0.29, 0.717) is 42.9 Å². The third-order valence-corrected chi connectivity index (χ3v) is 9.12. The molecule has 2 heterocycles. The van der Waals surface area contributed by atoms with Gasteiger partial charge in [0.1, 0.15) is 12.2 Å². The minimum absolute atomic E-state index is 0.0333. The van der Waals surface area contributed by atoms with Crippen molar-refractivity contribution in [2.24, 2.45) is 0 Å². The maximum absolute atomic E-state index is 13.1. The first-order chi connectivity index (χ1) is 18.8. The molecule has 2 saturated heterocycles. The molecule has 0 radical (unpaired) electrons. The summed E-state index contributed by atoms with van der Waals surface area (Å²) < 4.78 is 35.5. The van der Waals surface area contributed by atoms with Crippen LogP contribution in [-0.2, 0) is 29.2 Å². The lowest BCUT2D eigenvalue weighted by Gasteiger charge is -2.59. The fourth-order valence-electron chi connectivity index (χ4n) is 7.70. The quantitative estimate of drug-likeness (QED) is 0.357. The number of hydrogen-bond donors (Lipinski definition) is 3. The number of fused-ring (bicyclic) bond motifs is 3. The zero-order valence-corrected chi connectivity index (χ0v) is 22.4. The van der Waals surface area contributed by atoms with Gasteiger partial charge in [-0.3, -0.25) is 0 Å². The van der Waals surface area contributed by atoms with Crippen molar-refractivity contribution >= 4 is 12.0 Å². The first-order valence-electron chi connectivity index (χ1n) is 13.0. The Morgan fingerprint density at radius 3 is 2.54 bits per heavy atom. The normalized spacial score (nSPS) is 34.0. The Labute approximate surface area is 226 Å². The summed E-state index contributed by atoms with van der Waals surface area (Å²) in [5.74, 6) is -1.11. The van der Waals surface area contributed by atoms with E-state index in [1.807, 2.05) is 6.07 Å². The third-order valence-electron chi connectivity index (χ3n) is 9.12. The van der Waals surface area contributed by atoms with Crippen LogP contribution in [0.4, 0.5) is 0 Å². The molecule has 1 saturated carbocycles. The Hall–Kier alpha value is -3.31. The molecule has 10 nitrogen and oxygen atoms in total. The monoisotopic (exact) mass is 539 g/mol. The number of carbonyl (C=O) groups excluding carboxylic acids is 1. The van der Waals surface area contributed by atoms with Crippen molar-refractivity contribution in [2.45, 2.75) is 54.3 Å². The van der Waals surface area contributed by atoms with Gasteiger partial charge in [0.2, 0.25) is 5.79 Å². The summed E-state index contributed by atoms with van der Waals surface area (Å²) in [4.78, 5) is 13.1. The SMILES string of the molecule is COc1ccc(/C=C\C(=O)O[C@H]2C[C@]34CCN[C@@]35C[C@@H](O[C@@]5(OC)[C@H]2OC)c2ccc(OC)c(O)c24)cc1O. The van der Waals surface area contributed by atoms with Crippen LogP contribution >= 0.6 is 0 Å². The maximum Gasteiger partial charge on any atom is 0.331 e. The van der Waals surface area contributed by atoms with Crippen LogP contribution in [-0.4, -0.2) is 74.7 Å². The molecule has 39 heavy (non-hydrogen) atoms. The highest BCUT2D eigenvalue weighted by Crippen LogP contribution is 2.71. The summed E-state index contributed by atoms with van der Waals surface area (Å²) >= 11 is 0. The van der Waals surface area contributed by atoms with Gasteiger partial charge in [-0.2, -0.15) is 0 Å². The summed E-state index contributed by atoms with van der Waals surface area (Å²) in [6.07, 6.45) is 2.70. The van der Waals surface area contributed by atoms with E-state index in [1.165, 1.54) is 26.4 Å². The minimum atomic E-state index is -1.28. The third kappa shape index (κ3) is 3.32. The second-order valence-corrected chi connectivity index (χ2v) is 10.5. The fraction of sp³-hybridized carbons (Fsp3) is 0.483. The largest absolute Gasteiger partial charge is 0.504 e.